The second-order valence-corrected chi connectivity index (χ2v) is 3.74. The van der Waals surface area contributed by atoms with Gasteiger partial charge in [-0.25, -0.2) is 9.60 Å². The number of rotatable bonds is 9. The molecule has 0 aliphatic rings. The van der Waals surface area contributed by atoms with Gasteiger partial charge in [-0.05, 0) is 6.08 Å². The summed E-state index contributed by atoms with van der Waals surface area (Å²) in [4.78, 5) is 12.5. The summed E-state index contributed by atoms with van der Waals surface area (Å²) in [5.41, 5.74) is 2.58. The molecule has 0 spiro atoms. The number of nitrogens with zero attached hydrogens (tertiary/aromatic N) is 1. The minimum atomic E-state index is -0.561. The monoisotopic (exact) mass is 270 g/mol. The molecule has 0 heterocycles. The Bertz CT molecular complexity index is 387. The molecule has 0 aliphatic heterocycles. The fourth-order valence-electron chi connectivity index (χ4n) is 1.47. The number of hydroxylamine groups is 1. The topological polar surface area (TPSA) is 69.2 Å². The van der Waals surface area contributed by atoms with E-state index in [4.69, 9.17) is 5.21 Å². The molecule has 0 fully saturated rings. The lowest BCUT2D eigenvalue weighted by molar-refractivity contribution is -0.838. The summed E-state index contributed by atoms with van der Waals surface area (Å²) in [5, 5.41) is 11.8. The van der Waals surface area contributed by atoms with E-state index >= 15 is 0 Å². The highest BCUT2D eigenvalue weighted by atomic mass is 19.1. The van der Waals surface area contributed by atoms with Crippen LogP contribution in [0.4, 0.5) is 4.39 Å². The van der Waals surface area contributed by atoms with Crippen LogP contribution in [0, 0.1) is 0 Å². The molecule has 0 aromatic carbocycles. The third-order valence-electron chi connectivity index (χ3n) is 2.21. The lowest BCUT2D eigenvalue weighted by Crippen LogP contribution is -2.74. The number of carbonyl (C=O) groups is 1. The van der Waals surface area contributed by atoms with Crippen molar-refractivity contribution in [3.05, 3.63) is 48.0 Å². The maximum atomic E-state index is 12.3. The molecule has 0 rings (SSSR count). The Morgan fingerprint density at radius 2 is 2.16 bits per heavy atom. The van der Waals surface area contributed by atoms with Gasteiger partial charge in [-0.15, -0.1) is 0 Å². The van der Waals surface area contributed by atoms with Crippen LogP contribution < -0.4 is 10.8 Å². The fraction of sp³-hybridized carbons (Fsp3) is 0.308. The van der Waals surface area contributed by atoms with Gasteiger partial charge in [-0.2, -0.15) is 5.48 Å². The van der Waals surface area contributed by atoms with Crippen molar-refractivity contribution in [1.29, 1.82) is 0 Å². The Labute approximate surface area is 112 Å². The van der Waals surface area contributed by atoms with Gasteiger partial charge in [-0.1, -0.05) is 12.7 Å². The van der Waals surface area contributed by atoms with Gasteiger partial charge in [0.1, 0.15) is 19.2 Å². The Morgan fingerprint density at radius 1 is 1.47 bits per heavy atom. The van der Waals surface area contributed by atoms with E-state index < -0.39 is 6.67 Å². The maximum Gasteiger partial charge on any atom is 0.144 e. The predicted molar refractivity (Wildman–Crippen MR) is 71.9 cm³/mol. The van der Waals surface area contributed by atoms with E-state index in [0.29, 0.717) is 17.6 Å². The number of nitrogens with one attached hydrogen (secondary N) is 1. The van der Waals surface area contributed by atoms with Crippen molar-refractivity contribution in [3.63, 3.8) is 0 Å². The number of hydrogen-bond acceptors (Lipinski definition) is 4. The minimum Gasteiger partial charge on any atom is -0.382 e. The van der Waals surface area contributed by atoms with Crippen molar-refractivity contribution in [1.82, 2.24) is 10.2 Å². The third-order valence-corrected chi connectivity index (χ3v) is 2.21. The number of nitrogens with two attached hydrogens (primary N) is 1. The highest BCUT2D eigenvalue weighted by Gasteiger charge is 2.14. The molecule has 0 atom stereocenters. The van der Waals surface area contributed by atoms with Crippen LogP contribution in [0.2, 0.25) is 0 Å². The van der Waals surface area contributed by atoms with Crippen LogP contribution in [0.3, 0.4) is 0 Å². The van der Waals surface area contributed by atoms with Gasteiger partial charge in [0, 0.05) is 26.7 Å². The average Bonchev–Trinajstić information content (AvgIpc) is 2.38. The lowest BCUT2D eigenvalue weighted by atomic mass is 10.1. The van der Waals surface area contributed by atoms with E-state index in [2.05, 4.69) is 11.9 Å². The van der Waals surface area contributed by atoms with Gasteiger partial charge in [-0.3, -0.25) is 4.79 Å². The molecule has 0 aromatic heterocycles. The fourth-order valence-corrected chi connectivity index (χ4v) is 1.47. The number of aldehydes is 1. The number of alkyl halides is 1. The molecule has 106 valence electrons. The van der Waals surface area contributed by atoms with Gasteiger partial charge in [0.05, 0.1) is 17.0 Å². The number of allylic oxidation sites excluding steroid dienone is 3. The molecule has 5 nitrogen and oxygen atoms in total. The van der Waals surface area contributed by atoms with Gasteiger partial charge in [0.15, 0.2) is 0 Å². The number of quaternary nitrogens is 1. The smallest absolute Gasteiger partial charge is 0.144 e. The van der Waals surface area contributed by atoms with Crippen molar-refractivity contribution < 1.29 is 19.9 Å². The van der Waals surface area contributed by atoms with E-state index in [0.717, 1.165) is 11.2 Å². The van der Waals surface area contributed by atoms with Crippen molar-refractivity contribution in [2.24, 2.45) is 0 Å². The second-order valence-electron chi connectivity index (χ2n) is 3.74. The first kappa shape index (κ1) is 17.1. The third kappa shape index (κ3) is 5.98. The van der Waals surface area contributed by atoms with Crippen LogP contribution in [0.1, 0.15) is 0 Å². The molecule has 0 saturated carbocycles. The van der Waals surface area contributed by atoms with Crippen LogP contribution in [0.5, 0.6) is 0 Å². The first-order chi connectivity index (χ1) is 9.12. The summed E-state index contributed by atoms with van der Waals surface area (Å²) in [5.74, 6) is 0. The molecule has 0 unspecified atom stereocenters. The van der Waals surface area contributed by atoms with E-state index in [1.165, 1.54) is 12.3 Å². The highest BCUT2D eigenvalue weighted by molar-refractivity contribution is 5.69. The van der Waals surface area contributed by atoms with Crippen molar-refractivity contribution in [3.8, 4) is 0 Å². The zero-order valence-electron chi connectivity index (χ0n) is 11.3. The van der Waals surface area contributed by atoms with E-state index in [-0.39, 0.29) is 6.54 Å². The number of halogens is 1. The van der Waals surface area contributed by atoms with Crippen LogP contribution in [0.25, 0.3) is 0 Å². The van der Waals surface area contributed by atoms with Gasteiger partial charge in [0.25, 0.3) is 0 Å². The lowest BCUT2D eigenvalue weighted by Gasteiger charge is -2.21. The molecule has 19 heavy (non-hydrogen) atoms. The minimum absolute atomic E-state index is 0.0806. The van der Waals surface area contributed by atoms with Gasteiger partial charge >= 0.3 is 0 Å². The number of carbonyl (C=O) groups excluding carboxylic acids is 1. The molecule has 6 heteroatoms. The molecule has 4 N–H and O–H groups in total. The quantitative estimate of drug-likeness (QED) is 0.240. The molecular weight excluding hydrogens is 249 g/mol. The predicted octanol–water partition coefficient (Wildman–Crippen LogP) is 0.0963. The number of hydrogen-bond donors (Lipinski definition) is 3. The molecular formula is C13H21FN3O2+. The molecule has 0 aromatic rings. The zero-order chi connectivity index (χ0) is 14.7. The Kier molecular flexibility index (Phi) is 9.03. The van der Waals surface area contributed by atoms with Crippen molar-refractivity contribution in [2.45, 2.75) is 0 Å². The Morgan fingerprint density at radius 3 is 2.58 bits per heavy atom. The van der Waals surface area contributed by atoms with Crippen molar-refractivity contribution >= 4 is 6.29 Å². The molecule has 0 radical (unpaired) electrons. The van der Waals surface area contributed by atoms with Gasteiger partial charge < -0.3 is 10.2 Å². The Hall–Kier alpha value is -1.92. The van der Waals surface area contributed by atoms with Crippen LogP contribution in [0.15, 0.2) is 48.0 Å². The zero-order valence-corrected chi connectivity index (χ0v) is 11.3. The largest absolute Gasteiger partial charge is 0.382 e. The molecule has 0 saturated heterocycles. The summed E-state index contributed by atoms with van der Waals surface area (Å²) in [6.45, 7) is 3.14. The summed E-state index contributed by atoms with van der Waals surface area (Å²) in [6, 6.07) is 0. The van der Waals surface area contributed by atoms with Crippen LogP contribution >= 0.6 is 0 Å². The number of likely N-dealkylation sites (N-methyl/N-ethyl adjacent to an activating group) is 1. The van der Waals surface area contributed by atoms with Crippen LogP contribution in [-0.2, 0) is 4.79 Å². The maximum absolute atomic E-state index is 12.3. The van der Waals surface area contributed by atoms with Crippen LogP contribution in [-0.4, -0.2) is 43.7 Å². The van der Waals surface area contributed by atoms with E-state index in [1.807, 2.05) is 14.1 Å². The SMILES string of the molecule is C=C\C=C(C(=C\[NH2+]O)/C(=C\C=O)NCCF)\N(C)C. The van der Waals surface area contributed by atoms with E-state index in [9.17, 15) is 9.18 Å². The molecule has 0 amide bonds. The summed E-state index contributed by atoms with van der Waals surface area (Å²) >= 11 is 0. The summed E-state index contributed by atoms with van der Waals surface area (Å²) < 4.78 is 12.3. The first-order valence-electron chi connectivity index (χ1n) is 5.76. The molecule has 0 bridgehead atoms. The van der Waals surface area contributed by atoms with E-state index in [1.54, 1.807) is 17.1 Å². The normalized spacial score (nSPS) is 13.2. The van der Waals surface area contributed by atoms with Crippen molar-refractivity contribution in [2.75, 3.05) is 27.3 Å². The summed E-state index contributed by atoms with van der Waals surface area (Å²) in [6.07, 6.45) is 6.63. The Balaban J connectivity index is 5.53. The highest BCUT2D eigenvalue weighted by Crippen LogP contribution is 2.18. The first-order valence-corrected chi connectivity index (χ1v) is 5.76. The van der Waals surface area contributed by atoms with Gasteiger partial charge in [0.2, 0.25) is 0 Å². The second kappa shape index (κ2) is 10.0. The average molecular weight is 270 g/mol. The standard InChI is InChI=1S/C13H20FN3O2/c1-4-5-13(17(2)3)11(10-16-19)12(6-9-18)15-8-7-14/h4-6,9-10,15-16,19H,1,7-8H2,2-3H3/p+1/b11-10-,12-6+,13-5+. The molecule has 0 aliphatic carbocycles. The summed E-state index contributed by atoms with van der Waals surface area (Å²) in [7, 11) is 3.63.